The van der Waals surface area contributed by atoms with Crippen LogP contribution in [0.5, 0.6) is 0 Å². The fourth-order valence-electron chi connectivity index (χ4n) is 21.1. The number of para-hydroxylation sites is 6. The molecular formula is C129H97N3. The van der Waals surface area contributed by atoms with Crippen LogP contribution in [-0.4, -0.2) is 13.7 Å². The van der Waals surface area contributed by atoms with Crippen LogP contribution in [0.4, 0.5) is 0 Å². The van der Waals surface area contributed by atoms with E-state index in [-0.39, 0.29) is 10.8 Å². The molecule has 3 nitrogen and oxygen atoms in total. The Morgan fingerprint density at radius 1 is 0.144 bits per heavy atom. The number of hydrogen-bond acceptors (Lipinski definition) is 0. The molecule has 25 rings (SSSR count). The molecule has 0 N–H and O–H groups in total. The number of aromatic nitrogens is 3. The Kier molecular flexibility index (Phi) is 20.0. The predicted molar refractivity (Wildman–Crippen MR) is 568 cm³/mol. The van der Waals surface area contributed by atoms with Crippen molar-refractivity contribution < 1.29 is 0 Å². The van der Waals surface area contributed by atoms with Gasteiger partial charge in [-0.25, -0.2) is 0 Å². The first-order valence-corrected chi connectivity index (χ1v) is 46.2. The van der Waals surface area contributed by atoms with Gasteiger partial charge >= 0.3 is 0 Å². The summed E-state index contributed by atoms with van der Waals surface area (Å²) in [4.78, 5) is 0. The smallest absolute Gasteiger partial charge is 0.0541 e. The monoisotopic (exact) mass is 1690 g/mol. The summed E-state index contributed by atoms with van der Waals surface area (Å²) in [6.45, 7) is 15.9. The molecular weight excluding hydrogens is 1590 g/mol. The van der Waals surface area contributed by atoms with E-state index in [4.69, 9.17) is 0 Å². The van der Waals surface area contributed by atoms with Crippen molar-refractivity contribution in [2.45, 2.75) is 59.3 Å². The Balaban J connectivity index is 0.000000113. The fraction of sp³-hybridized carbons (Fsp3) is 0.0698. The van der Waals surface area contributed by atoms with E-state index in [9.17, 15) is 0 Å². The minimum absolute atomic E-state index is 0.0535. The summed E-state index contributed by atoms with van der Waals surface area (Å²) in [5.74, 6) is 0. The Labute approximate surface area is 770 Å². The lowest BCUT2D eigenvalue weighted by Gasteiger charge is -2.23. The van der Waals surface area contributed by atoms with Gasteiger partial charge in [0.25, 0.3) is 0 Å². The van der Waals surface area contributed by atoms with Gasteiger partial charge < -0.3 is 13.7 Å². The third kappa shape index (κ3) is 14.0. The number of fused-ring (bicyclic) bond motifs is 15. The van der Waals surface area contributed by atoms with Crippen LogP contribution < -0.4 is 0 Å². The lowest BCUT2D eigenvalue weighted by atomic mass is 9.81. The molecule has 0 aliphatic rings. The molecule has 132 heavy (non-hydrogen) atoms. The summed E-state index contributed by atoms with van der Waals surface area (Å²) in [6.07, 6.45) is 0. The van der Waals surface area contributed by atoms with Gasteiger partial charge in [0.15, 0.2) is 0 Å². The summed E-state index contributed by atoms with van der Waals surface area (Å²) < 4.78 is 7.18. The average Bonchev–Trinajstić information content (AvgIpc) is 1.11. The van der Waals surface area contributed by atoms with Crippen LogP contribution in [-0.2, 0) is 10.8 Å². The van der Waals surface area contributed by atoms with E-state index in [1.165, 1.54) is 242 Å². The van der Waals surface area contributed by atoms with Crippen LogP contribution in [0.2, 0.25) is 0 Å². The van der Waals surface area contributed by atoms with E-state index >= 15 is 0 Å². The largest absolute Gasteiger partial charge is 0.309 e. The predicted octanol–water partition coefficient (Wildman–Crippen LogP) is 35.8. The molecule has 0 atom stereocenters. The molecule has 0 saturated carbocycles. The molecule has 0 spiro atoms. The topological polar surface area (TPSA) is 14.8 Å². The van der Waals surface area contributed by atoms with E-state index in [2.05, 4.69) is 523 Å². The average molecular weight is 1690 g/mol. The molecule has 0 aliphatic carbocycles. The van der Waals surface area contributed by atoms with Crippen LogP contribution in [0, 0.1) is 6.92 Å². The number of hydrogen-bond donors (Lipinski definition) is 0. The maximum absolute atomic E-state index is 2.43. The van der Waals surface area contributed by atoms with Crippen molar-refractivity contribution in [2.24, 2.45) is 0 Å². The van der Waals surface area contributed by atoms with Gasteiger partial charge in [0.05, 0.1) is 33.1 Å². The summed E-state index contributed by atoms with van der Waals surface area (Å²) in [6, 6.07) is 169. The highest BCUT2D eigenvalue weighted by Gasteiger charge is 2.26. The molecule has 25 aromatic rings. The summed E-state index contributed by atoms with van der Waals surface area (Å²) in [5.41, 5.74) is 32.7. The number of rotatable bonds is 10. The SMILES string of the molecule is CC(C)(C)c1ccc(-c2ccc(-c3c4ccccc4c(-c4cccc(-n5c6ccccc6c6ccccc65)c4)c4ccccc34)cc2)cc1.CC(C)(C)c1ccc2c(-c3ccc(-n4c5ccccc5c5ccccc54)cc3)c3ccccc3c(-c3ccccc3)c2c1.Cc1ccc2c(-c3ccc(-n4c5ccccc5c5ccccc54)cc3)c3ccccc3c(-c3ccccc3)c2c1. The Bertz CT molecular complexity index is 8580. The molecule has 3 heteroatoms. The van der Waals surface area contributed by atoms with Crippen molar-refractivity contribution in [2.75, 3.05) is 0 Å². The normalized spacial score (nSPS) is 11.9. The van der Waals surface area contributed by atoms with Gasteiger partial charge in [0.1, 0.15) is 0 Å². The van der Waals surface area contributed by atoms with Gasteiger partial charge in [-0.15, -0.1) is 0 Å². The van der Waals surface area contributed by atoms with Crippen LogP contribution in [0.3, 0.4) is 0 Å². The van der Waals surface area contributed by atoms with Crippen molar-refractivity contribution in [1.82, 2.24) is 13.7 Å². The Morgan fingerprint density at radius 2 is 0.371 bits per heavy atom. The van der Waals surface area contributed by atoms with Crippen molar-refractivity contribution in [1.29, 1.82) is 0 Å². The first-order valence-electron chi connectivity index (χ1n) is 46.2. The summed E-state index contributed by atoms with van der Waals surface area (Å²) in [7, 11) is 0. The van der Waals surface area contributed by atoms with E-state index in [0.29, 0.717) is 0 Å². The molecule has 0 bridgehead atoms. The number of benzene rings is 22. The van der Waals surface area contributed by atoms with E-state index in [0.717, 1.165) is 0 Å². The van der Waals surface area contributed by atoms with Crippen LogP contribution in [0.15, 0.2) is 461 Å². The molecule has 0 saturated heterocycles. The number of aryl methyl sites for hydroxylation is 1. The minimum atomic E-state index is 0.0535. The van der Waals surface area contributed by atoms with Gasteiger partial charge in [-0.05, 0) is 250 Å². The number of nitrogens with zero attached hydrogens (tertiary/aromatic N) is 3. The zero-order valence-corrected chi connectivity index (χ0v) is 75.2. The van der Waals surface area contributed by atoms with E-state index in [1.807, 2.05) is 0 Å². The van der Waals surface area contributed by atoms with Crippen molar-refractivity contribution in [3.63, 3.8) is 0 Å². The molecule has 0 radical (unpaired) electrons. The first kappa shape index (κ1) is 80.4. The van der Waals surface area contributed by atoms with E-state index in [1.54, 1.807) is 0 Å². The molecule has 22 aromatic carbocycles. The van der Waals surface area contributed by atoms with Crippen molar-refractivity contribution in [3.8, 4) is 95.0 Å². The standard InChI is InChI=1S/C48H37N.C42H33N.C39H27N/c1-48(2,3)36-29-27-33(28-30-36)32-23-25-34(26-24-32)46-40-17-4-6-19-42(40)47(43-20-7-5-18-41(43)46)35-13-12-14-37(31-35)49-44-21-10-8-15-38(44)39-16-9-11-22-45(39)49;1-42(2,3)30-23-26-36-37(27-30)41(28-13-5-4-6-14-28)35-18-8-7-17-34(35)40(36)29-21-24-31(25-22-29)43-38-19-11-9-15-32(38)33-16-10-12-20-39(33)43;1-26-19-24-34-35(25-26)39(27-11-3-2-4-12-27)33-16-6-5-15-32(33)38(34)28-20-22-29(23-21-28)40-36-17-9-7-13-30(36)31-14-8-10-18-37(31)40/h4-31H,1-3H3;4-27H,1-3H3;2-25H,1H3. The van der Waals surface area contributed by atoms with Gasteiger partial charge in [-0.2, -0.15) is 0 Å². The fourth-order valence-corrected chi connectivity index (χ4v) is 21.1. The van der Waals surface area contributed by atoms with Crippen LogP contribution in [0.1, 0.15) is 58.2 Å². The maximum Gasteiger partial charge on any atom is 0.0541 e. The zero-order valence-electron chi connectivity index (χ0n) is 75.2. The van der Waals surface area contributed by atoms with Gasteiger partial charge in [-0.3, -0.25) is 0 Å². The van der Waals surface area contributed by atoms with Crippen molar-refractivity contribution in [3.05, 3.63) is 478 Å². The highest BCUT2D eigenvalue weighted by atomic mass is 15.0. The minimum Gasteiger partial charge on any atom is -0.309 e. The molecule has 3 aromatic heterocycles. The Morgan fingerprint density at radius 3 is 0.705 bits per heavy atom. The first-order chi connectivity index (χ1) is 64.7. The van der Waals surface area contributed by atoms with Gasteiger partial charge in [0.2, 0.25) is 0 Å². The van der Waals surface area contributed by atoms with Gasteiger partial charge in [0, 0.05) is 49.4 Å². The lowest BCUT2D eigenvalue weighted by molar-refractivity contribution is 0.590. The molecule has 0 aliphatic heterocycles. The lowest BCUT2D eigenvalue weighted by Crippen LogP contribution is -2.10. The quantitative estimate of drug-likeness (QED) is 0.121. The van der Waals surface area contributed by atoms with Gasteiger partial charge in [-0.1, -0.05) is 429 Å². The molecule has 0 amide bonds. The van der Waals surface area contributed by atoms with Crippen molar-refractivity contribution >= 4 is 130 Å². The zero-order chi connectivity index (χ0) is 88.9. The summed E-state index contributed by atoms with van der Waals surface area (Å²) >= 11 is 0. The molecule has 0 fully saturated rings. The second kappa shape index (κ2) is 32.8. The maximum atomic E-state index is 2.43. The highest BCUT2D eigenvalue weighted by molar-refractivity contribution is 6.25. The summed E-state index contributed by atoms with van der Waals surface area (Å²) in [5, 5.41) is 23.0. The Hall–Kier alpha value is -16.2. The highest BCUT2D eigenvalue weighted by Crippen LogP contribution is 2.50. The van der Waals surface area contributed by atoms with Crippen LogP contribution in [0.25, 0.3) is 225 Å². The van der Waals surface area contributed by atoms with Crippen LogP contribution >= 0.6 is 0 Å². The van der Waals surface area contributed by atoms with E-state index < -0.39 is 0 Å². The second-order valence-corrected chi connectivity index (χ2v) is 37.4. The molecule has 0 unspecified atom stereocenters. The second-order valence-electron chi connectivity index (χ2n) is 37.4. The molecule has 628 valence electrons. The third-order valence-electron chi connectivity index (χ3n) is 27.3. The molecule has 3 heterocycles. The third-order valence-corrected chi connectivity index (χ3v) is 27.3.